The van der Waals surface area contributed by atoms with Crippen LogP contribution in [0.25, 0.3) is 0 Å². The lowest BCUT2D eigenvalue weighted by Crippen LogP contribution is -2.16. The minimum Gasteiger partial charge on any atom is -0.165 e. The molecule has 0 fully saturated rings. The molecule has 0 nitrogen and oxygen atoms in total. The maximum Gasteiger partial charge on any atom is 0.382 e. The van der Waals surface area contributed by atoms with Crippen molar-refractivity contribution in [2.75, 3.05) is 0 Å². The van der Waals surface area contributed by atoms with Gasteiger partial charge in [-0.05, 0) is 11.5 Å². The fourth-order valence-corrected chi connectivity index (χ4v) is 1.33. The zero-order valence-corrected chi connectivity index (χ0v) is 8.12. The number of halogens is 3. The van der Waals surface area contributed by atoms with E-state index < -0.39 is 5.54 Å². The van der Waals surface area contributed by atoms with Crippen LogP contribution < -0.4 is 5.46 Å². The molecule has 0 saturated carbocycles. The Bertz CT molecular complexity index is 227. The van der Waals surface area contributed by atoms with Crippen molar-refractivity contribution in [1.29, 1.82) is 0 Å². The molecule has 0 amide bonds. The van der Waals surface area contributed by atoms with Gasteiger partial charge in [0.05, 0.1) is 0 Å². The number of rotatable bonds is 1. The summed E-state index contributed by atoms with van der Waals surface area (Å²) in [6, 6.07) is 7.61. The molecule has 52 valence electrons. The Morgan fingerprint density at radius 3 is 2.40 bits per heavy atom. The maximum absolute atomic E-state index is 5.62. The van der Waals surface area contributed by atoms with Gasteiger partial charge in [-0.1, -0.05) is 34.1 Å². The minimum atomic E-state index is -0.433. The van der Waals surface area contributed by atoms with E-state index >= 15 is 0 Å². The van der Waals surface area contributed by atoms with E-state index in [4.69, 9.17) is 22.9 Å². The van der Waals surface area contributed by atoms with E-state index in [1.807, 2.05) is 24.3 Å². The molecule has 1 aromatic rings. The van der Waals surface area contributed by atoms with Crippen LogP contribution in [-0.2, 0) is 0 Å². The molecule has 4 heteroatoms. The molecule has 0 saturated heterocycles. The van der Waals surface area contributed by atoms with Crippen LogP contribution in [0.3, 0.4) is 0 Å². The summed E-state index contributed by atoms with van der Waals surface area (Å²) in [7, 11) is 0. The Labute approximate surface area is 78.6 Å². The highest BCUT2D eigenvalue weighted by atomic mass is 79.9. The predicted octanol–water partition coefficient (Wildman–Crippen LogP) is 2.62. The summed E-state index contributed by atoms with van der Waals surface area (Å²) < 4.78 is 0.997. The number of benzene rings is 1. The summed E-state index contributed by atoms with van der Waals surface area (Å²) in [4.78, 5) is 0. The minimum absolute atomic E-state index is 0.433. The lowest BCUT2D eigenvalue weighted by atomic mass is 9.93. The largest absolute Gasteiger partial charge is 0.382 e. The van der Waals surface area contributed by atoms with Crippen LogP contribution >= 0.6 is 38.9 Å². The van der Waals surface area contributed by atoms with Crippen molar-refractivity contribution in [2.45, 2.75) is 0 Å². The average Bonchev–Trinajstić information content (AvgIpc) is 1.88. The number of hydrogen-bond donors (Lipinski definition) is 0. The van der Waals surface area contributed by atoms with Gasteiger partial charge < -0.3 is 0 Å². The van der Waals surface area contributed by atoms with Crippen LogP contribution in [0.4, 0.5) is 0 Å². The fourth-order valence-electron chi connectivity index (χ4n) is 0.642. The highest BCUT2D eigenvalue weighted by Crippen LogP contribution is 2.07. The van der Waals surface area contributed by atoms with E-state index in [0.29, 0.717) is 0 Å². The summed E-state index contributed by atoms with van der Waals surface area (Å²) in [5, 5.41) is 0. The van der Waals surface area contributed by atoms with Gasteiger partial charge >= 0.3 is 5.54 Å². The second-order valence-corrected chi connectivity index (χ2v) is 3.87. The van der Waals surface area contributed by atoms with Crippen molar-refractivity contribution >= 4 is 49.9 Å². The Balaban J connectivity index is 2.96. The van der Waals surface area contributed by atoms with E-state index in [9.17, 15) is 0 Å². The van der Waals surface area contributed by atoms with Gasteiger partial charge in [0.25, 0.3) is 0 Å². The lowest BCUT2D eigenvalue weighted by molar-refractivity contribution is 1.70. The quantitative estimate of drug-likeness (QED) is 0.659. The first-order valence-corrected chi connectivity index (χ1v) is 4.40. The van der Waals surface area contributed by atoms with Crippen LogP contribution in [-0.4, -0.2) is 5.54 Å². The van der Waals surface area contributed by atoms with Crippen LogP contribution in [0.15, 0.2) is 28.7 Å². The molecule has 0 N–H and O–H groups in total. The molecule has 0 spiro atoms. The van der Waals surface area contributed by atoms with Gasteiger partial charge in [-0.25, -0.2) is 0 Å². The second-order valence-electron chi connectivity index (χ2n) is 1.86. The van der Waals surface area contributed by atoms with E-state index in [2.05, 4.69) is 15.9 Å². The highest BCUT2D eigenvalue weighted by Gasteiger charge is 2.07. The van der Waals surface area contributed by atoms with Gasteiger partial charge in [0, 0.05) is 4.47 Å². The van der Waals surface area contributed by atoms with Crippen molar-refractivity contribution in [3.8, 4) is 0 Å². The van der Waals surface area contributed by atoms with E-state index in [-0.39, 0.29) is 0 Å². The Kier molecular flexibility index (Phi) is 3.08. The Morgan fingerprint density at radius 1 is 1.30 bits per heavy atom. The van der Waals surface area contributed by atoms with Crippen molar-refractivity contribution < 1.29 is 0 Å². The predicted molar refractivity (Wildman–Crippen MR) is 51.2 cm³/mol. The molecule has 0 radical (unpaired) electrons. The van der Waals surface area contributed by atoms with Gasteiger partial charge in [-0.15, -0.1) is 0 Å². The van der Waals surface area contributed by atoms with Gasteiger partial charge in [0.2, 0.25) is 0 Å². The van der Waals surface area contributed by atoms with Gasteiger partial charge in [0.1, 0.15) is 0 Å². The van der Waals surface area contributed by atoms with Crippen LogP contribution in [0.5, 0.6) is 0 Å². The van der Waals surface area contributed by atoms with Crippen molar-refractivity contribution in [3.63, 3.8) is 0 Å². The molecule has 0 unspecified atom stereocenters. The Hall–Kier alpha value is 0.345. The SMILES string of the molecule is ClB(Cl)c1cccc(Br)c1. The third-order valence-electron chi connectivity index (χ3n) is 1.10. The third kappa shape index (κ3) is 2.19. The van der Waals surface area contributed by atoms with Crippen LogP contribution in [0.1, 0.15) is 0 Å². The Morgan fingerprint density at radius 2 is 2.00 bits per heavy atom. The molecule has 0 aromatic heterocycles. The number of hydrogen-bond acceptors (Lipinski definition) is 0. The first-order chi connectivity index (χ1) is 4.70. The first kappa shape index (κ1) is 8.44. The van der Waals surface area contributed by atoms with Crippen LogP contribution in [0.2, 0.25) is 0 Å². The molecule has 0 aliphatic carbocycles. The molecule has 10 heavy (non-hydrogen) atoms. The molecule has 0 bridgehead atoms. The first-order valence-electron chi connectivity index (χ1n) is 2.74. The second kappa shape index (κ2) is 3.65. The van der Waals surface area contributed by atoms with Gasteiger partial charge in [0.15, 0.2) is 0 Å². The van der Waals surface area contributed by atoms with Crippen molar-refractivity contribution in [3.05, 3.63) is 28.7 Å². The topological polar surface area (TPSA) is 0 Å². The maximum atomic E-state index is 5.62. The molecule has 0 atom stereocenters. The zero-order valence-electron chi connectivity index (χ0n) is 5.02. The van der Waals surface area contributed by atoms with E-state index in [0.717, 1.165) is 9.94 Å². The summed E-state index contributed by atoms with van der Waals surface area (Å²) in [5.74, 6) is 0. The molecular formula is C6H4BBrCl2. The summed E-state index contributed by atoms with van der Waals surface area (Å²) in [6.45, 7) is 0. The average molecular weight is 238 g/mol. The normalized spacial score (nSPS) is 9.50. The molecule has 0 aliphatic rings. The third-order valence-corrected chi connectivity index (χ3v) is 2.10. The molecule has 0 heterocycles. The summed E-state index contributed by atoms with van der Waals surface area (Å²) >= 11 is 14.6. The fraction of sp³-hybridized carbons (Fsp3) is 0. The molecule has 1 aromatic carbocycles. The van der Waals surface area contributed by atoms with E-state index in [1.165, 1.54) is 0 Å². The highest BCUT2D eigenvalue weighted by molar-refractivity contribution is 9.10. The molecule has 1 rings (SSSR count). The zero-order chi connectivity index (χ0) is 7.56. The van der Waals surface area contributed by atoms with Crippen molar-refractivity contribution in [2.24, 2.45) is 0 Å². The standard InChI is InChI=1S/C6H4BBrCl2/c8-6-3-1-2-5(4-6)7(9)10/h1-4H. The monoisotopic (exact) mass is 236 g/mol. The summed E-state index contributed by atoms with van der Waals surface area (Å²) in [6.07, 6.45) is 0. The van der Waals surface area contributed by atoms with Gasteiger partial charge in [-0.3, -0.25) is 0 Å². The van der Waals surface area contributed by atoms with Gasteiger partial charge in [-0.2, -0.15) is 22.9 Å². The lowest BCUT2D eigenvalue weighted by Gasteiger charge is -1.96. The van der Waals surface area contributed by atoms with Crippen molar-refractivity contribution in [1.82, 2.24) is 0 Å². The van der Waals surface area contributed by atoms with Crippen LogP contribution in [0, 0.1) is 0 Å². The molecular weight excluding hydrogens is 234 g/mol. The van der Waals surface area contributed by atoms with E-state index in [1.54, 1.807) is 0 Å². The summed E-state index contributed by atoms with van der Waals surface area (Å²) in [5.41, 5.74) is 0.482. The molecule has 0 aliphatic heterocycles. The smallest absolute Gasteiger partial charge is 0.165 e.